The predicted octanol–water partition coefficient (Wildman–Crippen LogP) is 2.85. The lowest BCUT2D eigenvalue weighted by Crippen LogP contribution is -2.16. The van der Waals surface area contributed by atoms with E-state index in [-0.39, 0.29) is 0 Å². The monoisotopic (exact) mass is 229 g/mol. The summed E-state index contributed by atoms with van der Waals surface area (Å²) >= 11 is 0. The Kier molecular flexibility index (Phi) is 3.94. The Bertz CT molecular complexity index is 444. The first-order valence-corrected chi connectivity index (χ1v) is 6.10. The van der Waals surface area contributed by atoms with Crippen molar-refractivity contribution in [3.8, 4) is 11.3 Å². The van der Waals surface area contributed by atoms with Crippen molar-refractivity contribution >= 4 is 0 Å². The molecular weight excluding hydrogens is 210 g/mol. The fourth-order valence-electron chi connectivity index (χ4n) is 2.09. The maximum atomic E-state index is 4.50. The van der Waals surface area contributed by atoms with Gasteiger partial charge in [-0.3, -0.25) is 0 Å². The second-order valence-corrected chi connectivity index (χ2v) is 4.14. The van der Waals surface area contributed by atoms with Crippen LogP contribution in [-0.2, 0) is 0 Å². The number of imidazole rings is 1. The minimum atomic E-state index is 0.683. The zero-order valence-electron chi connectivity index (χ0n) is 10.2. The minimum absolute atomic E-state index is 0.683. The molecule has 0 amide bonds. The van der Waals surface area contributed by atoms with E-state index in [1.807, 2.05) is 18.6 Å². The lowest BCUT2D eigenvalue weighted by molar-refractivity contribution is 0.316. The molecule has 0 unspecified atom stereocenters. The number of benzene rings is 1. The summed E-state index contributed by atoms with van der Waals surface area (Å²) in [5.41, 5.74) is 7.02. The molecule has 1 saturated carbocycles. The highest BCUT2D eigenvalue weighted by molar-refractivity contribution is 5.58. The van der Waals surface area contributed by atoms with E-state index in [0.717, 1.165) is 0 Å². The summed E-state index contributed by atoms with van der Waals surface area (Å²) in [7, 11) is 1.50. The van der Waals surface area contributed by atoms with E-state index in [1.165, 1.54) is 37.6 Å². The molecule has 1 aliphatic carbocycles. The minimum Gasteiger partial charge on any atom is -0.333 e. The molecule has 1 aromatic carbocycles. The van der Waals surface area contributed by atoms with Gasteiger partial charge in [0.1, 0.15) is 0 Å². The maximum absolute atomic E-state index is 4.50. The van der Waals surface area contributed by atoms with Crippen LogP contribution in [0.4, 0.5) is 0 Å². The first-order chi connectivity index (χ1) is 8.45. The van der Waals surface area contributed by atoms with Gasteiger partial charge >= 0.3 is 0 Å². The van der Waals surface area contributed by atoms with Crippen molar-refractivity contribution in [2.24, 2.45) is 5.73 Å². The number of aromatic nitrogens is 2. The maximum Gasteiger partial charge on any atom is 0.0953 e. The van der Waals surface area contributed by atoms with Gasteiger partial charge in [-0.2, -0.15) is 0 Å². The molecule has 1 heterocycles. The highest BCUT2D eigenvalue weighted by Crippen LogP contribution is 2.34. The van der Waals surface area contributed by atoms with Crippen LogP contribution < -0.4 is 5.73 Å². The fraction of sp³-hybridized carbons (Fsp3) is 0.357. The van der Waals surface area contributed by atoms with Gasteiger partial charge in [-0.05, 0) is 31.9 Å². The summed E-state index contributed by atoms with van der Waals surface area (Å²) in [6.45, 7) is 0. The molecule has 1 aromatic heterocycles. The topological polar surface area (TPSA) is 43.8 Å². The molecule has 0 saturated heterocycles. The van der Waals surface area contributed by atoms with Crippen LogP contribution in [0.25, 0.3) is 11.3 Å². The van der Waals surface area contributed by atoms with Crippen LogP contribution in [0.5, 0.6) is 0 Å². The third-order valence-electron chi connectivity index (χ3n) is 3.20. The Labute approximate surface area is 102 Å². The van der Waals surface area contributed by atoms with E-state index in [1.54, 1.807) is 0 Å². The fourth-order valence-corrected chi connectivity index (χ4v) is 2.09. The molecule has 0 aliphatic heterocycles. The van der Waals surface area contributed by atoms with Crippen molar-refractivity contribution in [3.05, 3.63) is 42.9 Å². The Balaban J connectivity index is 0.000000514. The van der Waals surface area contributed by atoms with Crippen LogP contribution in [0.15, 0.2) is 42.9 Å². The summed E-state index contributed by atoms with van der Waals surface area (Å²) in [6.07, 6.45) is 7.89. The molecule has 1 aliphatic rings. The van der Waals surface area contributed by atoms with Gasteiger partial charge in [0.2, 0.25) is 0 Å². The van der Waals surface area contributed by atoms with Crippen molar-refractivity contribution in [3.63, 3.8) is 0 Å². The van der Waals surface area contributed by atoms with Crippen LogP contribution in [-0.4, -0.2) is 16.6 Å². The van der Waals surface area contributed by atoms with Gasteiger partial charge in [0.25, 0.3) is 0 Å². The van der Waals surface area contributed by atoms with Gasteiger partial charge < -0.3 is 10.3 Å². The van der Waals surface area contributed by atoms with Crippen LogP contribution in [0, 0.1) is 0 Å². The Morgan fingerprint density at radius 3 is 2.47 bits per heavy atom. The lowest BCUT2D eigenvalue weighted by atomic mass is 9.92. The second-order valence-electron chi connectivity index (χ2n) is 4.14. The summed E-state index contributed by atoms with van der Waals surface area (Å²) in [4.78, 5) is 4.26. The molecule has 2 aromatic rings. The summed E-state index contributed by atoms with van der Waals surface area (Å²) in [5.74, 6) is 0. The quantitative estimate of drug-likeness (QED) is 0.860. The zero-order chi connectivity index (χ0) is 12.1. The van der Waals surface area contributed by atoms with Crippen LogP contribution >= 0.6 is 0 Å². The van der Waals surface area contributed by atoms with Crippen molar-refractivity contribution in [2.75, 3.05) is 7.05 Å². The van der Waals surface area contributed by atoms with Gasteiger partial charge in [-0.25, -0.2) is 4.98 Å². The SMILES string of the molecule is CN.c1ccc(-c2cncn2C2CCC2)cc1. The smallest absolute Gasteiger partial charge is 0.0953 e. The van der Waals surface area contributed by atoms with Crippen LogP contribution in [0.2, 0.25) is 0 Å². The third-order valence-corrected chi connectivity index (χ3v) is 3.20. The van der Waals surface area contributed by atoms with Gasteiger partial charge in [-0.1, -0.05) is 30.3 Å². The number of nitrogens with two attached hydrogens (primary N) is 1. The lowest BCUT2D eigenvalue weighted by Gasteiger charge is -2.28. The Morgan fingerprint density at radius 1 is 1.18 bits per heavy atom. The molecule has 3 rings (SSSR count). The first kappa shape index (κ1) is 11.9. The van der Waals surface area contributed by atoms with Crippen molar-refractivity contribution in [1.82, 2.24) is 9.55 Å². The van der Waals surface area contributed by atoms with Crippen molar-refractivity contribution in [2.45, 2.75) is 25.3 Å². The van der Waals surface area contributed by atoms with Gasteiger partial charge in [0.15, 0.2) is 0 Å². The predicted molar refractivity (Wildman–Crippen MR) is 70.7 cm³/mol. The van der Waals surface area contributed by atoms with Crippen molar-refractivity contribution < 1.29 is 0 Å². The van der Waals surface area contributed by atoms with Crippen LogP contribution in [0.1, 0.15) is 25.3 Å². The molecule has 1 fully saturated rings. The molecule has 17 heavy (non-hydrogen) atoms. The normalized spacial score (nSPS) is 14.7. The van der Waals surface area contributed by atoms with E-state index >= 15 is 0 Å². The zero-order valence-corrected chi connectivity index (χ0v) is 10.2. The Morgan fingerprint density at radius 2 is 1.88 bits per heavy atom. The number of rotatable bonds is 2. The van der Waals surface area contributed by atoms with E-state index in [0.29, 0.717) is 6.04 Å². The van der Waals surface area contributed by atoms with Gasteiger partial charge in [0, 0.05) is 6.04 Å². The number of hydrogen-bond donors (Lipinski definition) is 1. The van der Waals surface area contributed by atoms with E-state index < -0.39 is 0 Å². The third kappa shape index (κ3) is 2.39. The van der Waals surface area contributed by atoms with Crippen molar-refractivity contribution in [1.29, 1.82) is 0 Å². The van der Waals surface area contributed by atoms with E-state index in [9.17, 15) is 0 Å². The molecule has 0 atom stereocenters. The molecule has 0 radical (unpaired) electrons. The summed E-state index contributed by atoms with van der Waals surface area (Å²) in [5, 5.41) is 0. The van der Waals surface area contributed by atoms with Gasteiger partial charge in [0.05, 0.1) is 18.2 Å². The second kappa shape index (κ2) is 5.64. The molecule has 3 nitrogen and oxygen atoms in total. The summed E-state index contributed by atoms with van der Waals surface area (Å²) in [6, 6.07) is 11.2. The molecule has 2 N–H and O–H groups in total. The molecule has 3 heteroatoms. The highest BCUT2D eigenvalue weighted by Gasteiger charge is 2.21. The van der Waals surface area contributed by atoms with E-state index in [4.69, 9.17) is 0 Å². The average Bonchev–Trinajstić information content (AvgIpc) is 2.80. The number of nitrogens with zero attached hydrogens (tertiary/aromatic N) is 2. The van der Waals surface area contributed by atoms with E-state index in [2.05, 4.69) is 39.6 Å². The average molecular weight is 229 g/mol. The standard InChI is InChI=1S/C13H14N2.CH5N/c1-2-5-11(6-3-1)13-9-14-10-15(13)12-7-4-8-12;1-2/h1-3,5-6,9-10,12H,4,7-8H2;2H2,1H3. The largest absolute Gasteiger partial charge is 0.333 e. The molecular formula is C14H19N3. The van der Waals surface area contributed by atoms with Crippen LogP contribution in [0.3, 0.4) is 0 Å². The molecule has 90 valence electrons. The number of hydrogen-bond acceptors (Lipinski definition) is 2. The summed E-state index contributed by atoms with van der Waals surface area (Å²) < 4.78 is 2.32. The molecule has 0 bridgehead atoms. The molecule has 0 spiro atoms. The highest BCUT2D eigenvalue weighted by atomic mass is 15.1. The van der Waals surface area contributed by atoms with Gasteiger partial charge in [-0.15, -0.1) is 0 Å². The first-order valence-electron chi connectivity index (χ1n) is 6.10. The Hall–Kier alpha value is -1.61.